The fourth-order valence-electron chi connectivity index (χ4n) is 3.20. The summed E-state index contributed by atoms with van der Waals surface area (Å²) in [7, 11) is 0. The Hall–Kier alpha value is -2.01. The number of benzene rings is 1. The fourth-order valence-corrected chi connectivity index (χ4v) is 3.37. The van der Waals surface area contributed by atoms with Gasteiger partial charge in [0.05, 0.1) is 0 Å². The Morgan fingerprint density at radius 1 is 1.20 bits per heavy atom. The summed E-state index contributed by atoms with van der Waals surface area (Å²) in [6.45, 7) is 4.84. The van der Waals surface area contributed by atoms with Gasteiger partial charge in [0.25, 0.3) is 5.91 Å². The minimum Gasteiger partial charge on any atom is -0.449 e. The fraction of sp³-hybridized carbons (Fsp3) is 0.474. The number of amides is 1. The molecule has 0 spiro atoms. The highest BCUT2D eigenvalue weighted by Crippen LogP contribution is 2.28. The van der Waals surface area contributed by atoms with Crippen LogP contribution in [0.2, 0.25) is 5.02 Å². The molecule has 2 aromatic rings. The second kappa shape index (κ2) is 7.48. The van der Waals surface area contributed by atoms with Gasteiger partial charge in [0.15, 0.2) is 6.10 Å². The van der Waals surface area contributed by atoms with Crippen LogP contribution >= 0.6 is 11.6 Å². The van der Waals surface area contributed by atoms with Gasteiger partial charge >= 0.3 is 5.97 Å². The highest BCUT2D eigenvalue weighted by molar-refractivity contribution is 6.31. The molecule has 0 bridgehead atoms. The molecule has 25 heavy (non-hydrogen) atoms. The summed E-state index contributed by atoms with van der Waals surface area (Å²) in [6.07, 6.45) is 3.44. The Morgan fingerprint density at radius 2 is 1.88 bits per heavy atom. The van der Waals surface area contributed by atoms with E-state index in [9.17, 15) is 9.59 Å². The maximum absolute atomic E-state index is 12.5. The van der Waals surface area contributed by atoms with Gasteiger partial charge in [-0.2, -0.15) is 0 Å². The van der Waals surface area contributed by atoms with E-state index >= 15 is 0 Å². The van der Waals surface area contributed by atoms with Gasteiger partial charge in [-0.05, 0) is 44.9 Å². The molecule has 0 aliphatic carbocycles. The first-order valence-corrected chi connectivity index (χ1v) is 9.03. The number of nitrogens with zero attached hydrogens (tertiary/aromatic N) is 1. The number of fused-ring (bicyclic) bond motifs is 1. The number of ether oxygens (including phenoxy) is 1. The largest absolute Gasteiger partial charge is 0.449 e. The maximum Gasteiger partial charge on any atom is 0.375 e. The van der Waals surface area contributed by atoms with Crippen LogP contribution in [0.25, 0.3) is 11.0 Å². The van der Waals surface area contributed by atoms with Crippen LogP contribution in [0.15, 0.2) is 22.6 Å². The van der Waals surface area contributed by atoms with Crippen molar-refractivity contribution in [1.82, 2.24) is 4.90 Å². The van der Waals surface area contributed by atoms with Gasteiger partial charge in [-0.1, -0.05) is 24.4 Å². The zero-order valence-electron chi connectivity index (χ0n) is 14.5. The van der Waals surface area contributed by atoms with Crippen LogP contribution in [0.3, 0.4) is 0 Å². The lowest BCUT2D eigenvalue weighted by molar-refractivity contribution is -0.139. The molecule has 1 aliphatic heterocycles. The van der Waals surface area contributed by atoms with Crippen LogP contribution < -0.4 is 0 Å². The van der Waals surface area contributed by atoms with Crippen molar-refractivity contribution in [2.45, 2.75) is 45.6 Å². The lowest BCUT2D eigenvalue weighted by Gasteiger charge is -2.23. The van der Waals surface area contributed by atoms with Crippen LogP contribution in [-0.4, -0.2) is 36.0 Å². The van der Waals surface area contributed by atoms with Crippen LogP contribution in [-0.2, 0) is 9.53 Å². The number of carbonyl (C=O) groups is 2. The van der Waals surface area contributed by atoms with Crippen LogP contribution in [0.4, 0.5) is 0 Å². The molecule has 0 unspecified atom stereocenters. The van der Waals surface area contributed by atoms with Crippen molar-refractivity contribution in [2.24, 2.45) is 0 Å². The molecule has 1 aromatic carbocycles. The van der Waals surface area contributed by atoms with Crippen molar-refractivity contribution in [3.05, 3.63) is 34.5 Å². The zero-order chi connectivity index (χ0) is 18.0. The molecule has 2 heterocycles. The number of esters is 1. The minimum atomic E-state index is -0.832. The molecular formula is C19H22ClNO4. The van der Waals surface area contributed by atoms with Gasteiger partial charge in [-0.15, -0.1) is 0 Å². The summed E-state index contributed by atoms with van der Waals surface area (Å²) in [6, 6.07) is 5.17. The quantitative estimate of drug-likeness (QED) is 0.761. The van der Waals surface area contributed by atoms with Gasteiger partial charge in [-0.25, -0.2) is 4.79 Å². The number of likely N-dealkylation sites (tertiary alicyclic amines) is 1. The molecule has 6 heteroatoms. The monoisotopic (exact) mass is 363 g/mol. The number of halogens is 1. The molecule has 0 radical (unpaired) electrons. The van der Waals surface area contributed by atoms with Crippen molar-refractivity contribution >= 4 is 34.4 Å². The smallest absolute Gasteiger partial charge is 0.375 e. The third-order valence-corrected chi connectivity index (χ3v) is 4.87. The van der Waals surface area contributed by atoms with E-state index in [1.807, 2.05) is 0 Å². The molecule has 0 N–H and O–H groups in total. The first-order valence-electron chi connectivity index (χ1n) is 8.66. The average Bonchev–Trinajstić information content (AvgIpc) is 2.78. The number of hydrogen-bond acceptors (Lipinski definition) is 4. The molecule has 1 aliphatic rings. The summed E-state index contributed by atoms with van der Waals surface area (Å²) in [5.74, 6) is -0.652. The van der Waals surface area contributed by atoms with E-state index < -0.39 is 12.1 Å². The van der Waals surface area contributed by atoms with Gasteiger partial charge in [0, 0.05) is 29.1 Å². The van der Waals surface area contributed by atoms with Gasteiger partial charge in [-0.3, -0.25) is 4.79 Å². The standard InChI is InChI=1S/C19H22ClNO4/c1-12-15-11-14(20)7-8-16(15)25-17(12)19(23)24-13(2)18(22)21-9-5-3-4-6-10-21/h7-8,11,13H,3-6,9-10H2,1-2H3/t13-/m0/s1. The molecule has 134 valence electrons. The summed E-state index contributed by atoms with van der Waals surface area (Å²) >= 11 is 6.00. The number of carbonyl (C=O) groups excluding carboxylic acids is 2. The summed E-state index contributed by atoms with van der Waals surface area (Å²) < 4.78 is 11.0. The van der Waals surface area contributed by atoms with Crippen LogP contribution in [0, 0.1) is 6.92 Å². The molecule has 5 nitrogen and oxygen atoms in total. The number of rotatable bonds is 3. The first-order chi connectivity index (χ1) is 12.0. The van der Waals surface area contributed by atoms with Gasteiger partial charge in [0.1, 0.15) is 5.58 Å². The zero-order valence-corrected chi connectivity index (χ0v) is 15.3. The Balaban J connectivity index is 1.73. The number of hydrogen-bond donors (Lipinski definition) is 0. The lowest BCUT2D eigenvalue weighted by Crippen LogP contribution is -2.40. The molecule has 1 saturated heterocycles. The van der Waals surface area contributed by atoms with Gasteiger partial charge in [0.2, 0.25) is 5.76 Å². The molecule has 1 atom stereocenters. The predicted octanol–water partition coefficient (Wildman–Crippen LogP) is 4.34. The van der Waals surface area contributed by atoms with E-state index in [0.717, 1.165) is 44.2 Å². The van der Waals surface area contributed by atoms with Crippen molar-refractivity contribution in [1.29, 1.82) is 0 Å². The van der Waals surface area contributed by atoms with Crippen LogP contribution in [0.1, 0.15) is 48.7 Å². The normalized spacial score (nSPS) is 16.5. The maximum atomic E-state index is 12.5. The predicted molar refractivity (Wildman–Crippen MR) is 95.9 cm³/mol. The Bertz CT molecular complexity index is 790. The minimum absolute atomic E-state index is 0.118. The molecule has 0 saturated carbocycles. The Kier molecular flexibility index (Phi) is 5.33. The van der Waals surface area contributed by atoms with E-state index in [1.165, 1.54) is 0 Å². The number of aryl methyl sites for hydroxylation is 1. The molecule has 1 aromatic heterocycles. The average molecular weight is 364 g/mol. The van der Waals surface area contributed by atoms with E-state index in [1.54, 1.807) is 36.9 Å². The highest BCUT2D eigenvalue weighted by Gasteiger charge is 2.27. The topological polar surface area (TPSA) is 59.8 Å². The Morgan fingerprint density at radius 3 is 2.56 bits per heavy atom. The molecule has 1 amide bonds. The lowest BCUT2D eigenvalue weighted by atomic mass is 10.1. The van der Waals surface area contributed by atoms with E-state index in [0.29, 0.717) is 16.2 Å². The van der Waals surface area contributed by atoms with E-state index in [2.05, 4.69) is 0 Å². The molecule has 3 rings (SSSR count). The highest BCUT2D eigenvalue weighted by atomic mass is 35.5. The van der Waals surface area contributed by atoms with E-state index in [-0.39, 0.29) is 11.7 Å². The third-order valence-electron chi connectivity index (χ3n) is 4.63. The second-order valence-electron chi connectivity index (χ2n) is 6.48. The molecular weight excluding hydrogens is 342 g/mol. The van der Waals surface area contributed by atoms with E-state index in [4.69, 9.17) is 20.8 Å². The number of furan rings is 1. The summed E-state index contributed by atoms with van der Waals surface area (Å²) in [5, 5.41) is 1.34. The van der Waals surface area contributed by atoms with Crippen molar-refractivity contribution in [2.75, 3.05) is 13.1 Å². The molecule has 1 fully saturated rings. The van der Waals surface area contributed by atoms with Crippen molar-refractivity contribution in [3.63, 3.8) is 0 Å². The SMILES string of the molecule is Cc1c(C(=O)O[C@@H](C)C(=O)N2CCCCCC2)oc2ccc(Cl)cc12. The van der Waals surface area contributed by atoms with Gasteiger partial charge < -0.3 is 14.1 Å². The first kappa shape index (κ1) is 17.8. The van der Waals surface area contributed by atoms with Crippen molar-refractivity contribution < 1.29 is 18.7 Å². The van der Waals surface area contributed by atoms with Crippen molar-refractivity contribution in [3.8, 4) is 0 Å². The summed E-state index contributed by atoms with van der Waals surface area (Å²) in [4.78, 5) is 26.8. The van der Waals surface area contributed by atoms with Crippen LogP contribution in [0.5, 0.6) is 0 Å². The summed E-state index contributed by atoms with van der Waals surface area (Å²) in [5.41, 5.74) is 1.23. The Labute approximate surface area is 151 Å². The second-order valence-corrected chi connectivity index (χ2v) is 6.92. The third kappa shape index (κ3) is 3.82.